The first kappa shape index (κ1) is 15.9. The van der Waals surface area contributed by atoms with Crippen LogP contribution in [0.4, 0.5) is 0 Å². The van der Waals surface area contributed by atoms with Crippen LogP contribution >= 0.6 is 38.5 Å². The summed E-state index contributed by atoms with van der Waals surface area (Å²) in [5, 5.41) is 12.8. The van der Waals surface area contributed by atoms with E-state index in [-0.39, 0.29) is 12.5 Å². The van der Waals surface area contributed by atoms with Crippen LogP contribution in [0.3, 0.4) is 0 Å². The van der Waals surface area contributed by atoms with Crippen molar-refractivity contribution in [2.24, 2.45) is 0 Å². The van der Waals surface area contributed by atoms with E-state index in [0.29, 0.717) is 12.0 Å². The molecule has 1 rings (SSSR count). The lowest BCUT2D eigenvalue weighted by Crippen LogP contribution is -2.40. The van der Waals surface area contributed by atoms with Crippen molar-refractivity contribution in [1.29, 1.82) is 0 Å². The highest BCUT2D eigenvalue weighted by Gasteiger charge is 2.20. The zero-order valence-electron chi connectivity index (χ0n) is 10.5. The van der Waals surface area contributed by atoms with Crippen molar-refractivity contribution in [3.8, 4) is 0 Å². The standard InChI is InChI=1S/C13H17BrINO2/c1-3-6-13(2,18)8-16-12(17)10-7-9(14)4-5-11(10)15/h4-5,7,18H,3,6,8H2,1-2H3,(H,16,17). The predicted molar refractivity (Wildman–Crippen MR) is 84.7 cm³/mol. The van der Waals surface area contributed by atoms with Gasteiger partial charge in [0, 0.05) is 14.6 Å². The first-order valence-corrected chi connectivity index (χ1v) is 7.68. The lowest BCUT2D eigenvalue weighted by Gasteiger charge is -2.23. The predicted octanol–water partition coefficient (Wildman–Crippen LogP) is 3.33. The van der Waals surface area contributed by atoms with Gasteiger partial charge in [-0.1, -0.05) is 29.3 Å². The normalized spacial score (nSPS) is 14.1. The first-order chi connectivity index (χ1) is 8.35. The molecule has 0 heterocycles. The Balaban J connectivity index is 2.69. The molecule has 18 heavy (non-hydrogen) atoms. The molecule has 1 atom stereocenters. The average Bonchev–Trinajstić information content (AvgIpc) is 2.29. The van der Waals surface area contributed by atoms with Crippen molar-refractivity contribution < 1.29 is 9.90 Å². The van der Waals surface area contributed by atoms with Crippen LogP contribution in [0, 0.1) is 3.57 Å². The molecule has 2 N–H and O–H groups in total. The maximum absolute atomic E-state index is 12.0. The molecule has 3 nitrogen and oxygen atoms in total. The van der Waals surface area contributed by atoms with Crippen molar-refractivity contribution in [1.82, 2.24) is 5.32 Å². The van der Waals surface area contributed by atoms with Gasteiger partial charge in [-0.05, 0) is 54.1 Å². The van der Waals surface area contributed by atoms with E-state index in [1.54, 1.807) is 13.0 Å². The maximum atomic E-state index is 12.0. The summed E-state index contributed by atoms with van der Waals surface area (Å²) in [5.74, 6) is -0.155. The quantitative estimate of drug-likeness (QED) is 0.711. The number of benzene rings is 1. The van der Waals surface area contributed by atoms with Crippen molar-refractivity contribution in [2.75, 3.05) is 6.54 Å². The van der Waals surface area contributed by atoms with Crippen LogP contribution in [0.15, 0.2) is 22.7 Å². The highest BCUT2D eigenvalue weighted by molar-refractivity contribution is 14.1. The molecular weight excluding hydrogens is 409 g/mol. The third-order valence-electron chi connectivity index (χ3n) is 2.59. The monoisotopic (exact) mass is 425 g/mol. The molecule has 0 radical (unpaired) electrons. The van der Waals surface area contributed by atoms with Gasteiger partial charge < -0.3 is 10.4 Å². The Morgan fingerprint density at radius 2 is 2.22 bits per heavy atom. The highest BCUT2D eigenvalue weighted by atomic mass is 127. The largest absolute Gasteiger partial charge is 0.388 e. The summed E-state index contributed by atoms with van der Waals surface area (Å²) in [6, 6.07) is 5.56. The Labute approximate surface area is 130 Å². The number of amides is 1. The molecule has 1 aromatic carbocycles. The Morgan fingerprint density at radius 1 is 1.56 bits per heavy atom. The maximum Gasteiger partial charge on any atom is 0.252 e. The number of carbonyl (C=O) groups excluding carboxylic acids is 1. The number of hydrogen-bond donors (Lipinski definition) is 2. The zero-order valence-corrected chi connectivity index (χ0v) is 14.2. The summed E-state index contributed by atoms with van der Waals surface area (Å²) in [6.07, 6.45) is 1.56. The highest BCUT2D eigenvalue weighted by Crippen LogP contribution is 2.18. The van der Waals surface area contributed by atoms with E-state index in [2.05, 4.69) is 43.8 Å². The van der Waals surface area contributed by atoms with Crippen LogP contribution in [0.2, 0.25) is 0 Å². The van der Waals surface area contributed by atoms with Crippen LogP contribution in [0.25, 0.3) is 0 Å². The lowest BCUT2D eigenvalue weighted by atomic mass is 10.0. The molecule has 1 aromatic rings. The molecule has 1 unspecified atom stereocenters. The van der Waals surface area contributed by atoms with E-state index < -0.39 is 5.60 Å². The fourth-order valence-electron chi connectivity index (χ4n) is 1.66. The van der Waals surface area contributed by atoms with E-state index in [1.807, 2.05) is 19.1 Å². The molecule has 0 fully saturated rings. The molecule has 0 spiro atoms. The zero-order chi connectivity index (χ0) is 13.8. The van der Waals surface area contributed by atoms with E-state index in [1.165, 1.54) is 0 Å². The van der Waals surface area contributed by atoms with Gasteiger partial charge in [-0.15, -0.1) is 0 Å². The lowest BCUT2D eigenvalue weighted by molar-refractivity contribution is 0.0469. The van der Waals surface area contributed by atoms with Crippen LogP contribution < -0.4 is 5.32 Å². The van der Waals surface area contributed by atoms with Gasteiger partial charge in [-0.25, -0.2) is 0 Å². The van der Waals surface area contributed by atoms with E-state index in [4.69, 9.17) is 0 Å². The van der Waals surface area contributed by atoms with E-state index >= 15 is 0 Å². The summed E-state index contributed by atoms with van der Waals surface area (Å²) in [5.41, 5.74) is -0.223. The van der Waals surface area contributed by atoms with Crippen LogP contribution in [0.1, 0.15) is 37.0 Å². The summed E-state index contributed by atoms with van der Waals surface area (Å²) in [4.78, 5) is 12.0. The van der Waals surface area contributed by atoms with Gasteiger partial charge in [-0.2, -0.15) is 0 Å². The number of aliphatic hydroxyl groups is 1. The summed E-state index contributed by atoms with van der Waals surface area (Å²) in [7, 11) is 0. The summed E-state index contributed by atoms with van der Waals surface area (Å²) in [6.45, 7) is 4.01. The topological polar surface area (TPSA) is 49.3 Å². The second kappa shape index (κ2) is 6.86. The summed E-state index contributed by atoms with van der Waals surface area (Å²) >= 11 is 5.47. The Morgan fingerprint density at radius 3 is 2.83 bits per heavy atom. The second-order valence-electron chi connectivity index (χ2n) is 4.55. The molecule has 0 saturated carbocycles. The van der Waals surface area contributed by atoms with Crippen molar-refractivity contribution in [3.05, 3.63) is 31.8 Å². The van der Waals surface area contributed by atoms with Gasteiger partial charge in [0.25, 0.3) is 5.91 Å². The molecule has 0 aliphatic carbocycles. The van der Waals surface area contributed by atoms with Crippen LogP contribution in [-0.4, -0.2) is 23.2 Å². The fourth-order valence-corrected chi connectivity index (χ4v) is 2.61. The SMILES string of the molecule is CCCC(C)(O)CNC(=O)c1cc(Br)ccc1I. The smallest absolute Gasteiger partial charge is 0.252 e. The van der Waals surface area contributed by atoms with Gasteiger partial charge in [0.2, 0.25) is 0 Å². The number of carbonyl (C=O) groups is 1. The van der Waals surface area contributed by atoms with Gasteiger partial charge in [0.15, 0.2) is 0 Å². The second-order valence-corrected chi connectivity index (χ2v) is 6.63. The molecule has 100 valence electrons. The third kappa shape index (κ3) is 4.85. The molecular formula is C13H17BrINO2. The van der Waals surface area contributed by atoms with E-state index in [9.17, 15) is 9.90 Å². The fraction of sp³-hybridized carbons (Fsp3) is 0.462. The minimum Gasteiger partial charge on any atom is -0.388 e. The first-order valence-electron chi connectivity index (χ1n) is 5.81. The number of halogens is 2. The minimum atomic E-state index is -0.845. The van der Waals surface area contributed by atoms with Gasteiger partial charge in [0.05, 0.1) is 11.2 Å². The molecule has 0 aromatic heterocycles. The molecule has 5 heteroatoms. The van der Waals surface area contributed by atoms with Crippen LogP contribution in [-0.2, 0) is 0 Å². The Bertz CT molecular complexity index is 435. The molecule has 0 aliphatic rings. The van der Waals surface area contributed by atoms with Gasteiger partial charge in [0.1, 0.15) is 0 Å². The molecule has 0 saturated heterocycles. The average molecular weight is 426 g/mol. The molecule has 0 bridgehead atoms. The summed E-state index contributed by atoms with van der Waals surface area (Å²) < 4.78 is 1.76. The molecule has 0 aliphatic heterocycles. The van der Waals surface area contributed by atoms with Crippen LogP contribution in [0.5, 0.6) is 0 Å². The Hall–Kier alpha value is -0.140. The number of hydrogen-bond acceptors (Lipinski definition) is 2. The van der Waals surface area contributed by atoms with Crippen molar-refractivity contribution >= 4 is 44.4 Å². The number of rotatable bonds is 5. The van der Waals surface area contributed by atoms with Gasteiger partial charge >= 0.3 is 0 Å². The minimum absolute atomic E-state index is 0.155. The third-order valence-corrected chi connectivity index (χ3v) is 4.03. The van der Waals surface area contributed by atoms with Gasteiger partial charge in [-0.3, -0.25) is 4.79 Å². The van der Waals surface area contributed by atoms with Crippen molar-refractivity contribution in [2.45, 2.75) is 32.3 Å². The van der Waals surface area contributed by atoms with E-state index in [0.717, 1.165) is 14.5 Å². The Kier molecular flexibility index (Phi) is 6.07. The van der Waals surface area contributed by atoms with Crippen molar-refractivity contribution in [3.63, 3.8) is 0 Å². The molecule has 1 amide bonds. The number of nitrogens with one attached hydrogen (secondary N) is 1.